The molecule has 0 atom stereocenters. The van der Waals surface area contributed by atoms with Gasteiger partial charge >= 0.3 is 0 Å². The SMILES string of the molecule is Fc1ccc2c(c1)c1cc(-c3ccc4c(c3)c3ccccc3n4-c3ccc(-c4c5ccccc5c(-c5ccccc5)c5ccccc45)cc3)ccc1n2-c1ccccc1F. The van der Waals surface area contributed by atoms with Crippen molar-refractivity contribution in [2.75, 3.05) is 0 Å². The minimum Gasteiger partial charge on any atom is -0.309 e. The van der Waals surface area contributed by atoms with Crippen LogP contribution in [0.3, 0.4) is 0 Å². The Bertz CT molecular complexity index is 3610. The van der Waals surface area contributed by atoms with Gasteiger partial charge in [-0.05, 0) is 128 Å². The molecule has 0 bridgehead atoms. The zero-order valence-electron chi connectivity index (χ0n) is 32.3. The van der Waals surface area contributed by atoms with Crippen LogP contribution in [0.2, 0.25) is 0 Å². The predicted octanol–water partition coefficient (Wildman–Crippen LogP) is 15.5. The number of nitrogens with zero attached hydrogens (tertiary/aromatic N) is 2. The molecule has 282 valence electrons. The van der Waals surface area contributed by atoms with E-state index in [1.165, 1.54) is 55.9 Å². The second kappa shape index (κ2) is 13.4. The molecule has 0 amide bonds. The van der Waals surface area contributed by atoms with Gasteiger partial charge in [0.15, 0.2) is 0 Å². The van der Waals surface area contributed by atoms with E-state index in [0.717, 1.165) is 60.4 Å². The summed E-state index contributed by atoms with van der Waals surface area (Å²) in [6.45, 7) is 0. The number of benzene rings is 10. The third-order valence-corrected chi connectivity index (χ3v) is 12.2. The molecule has 0 aliphatic rings. The Balaban J connectivity index is 0.995. The van der Waals surface area contributed by atoms with Gasteiger partial charge in [0.1, 0.15) is 11.6 Å². The Morgan fingerprint density at radius 3 is 1.33 bits per heavy atom. The number of para-hydroxylation sites is 2. The van der Waals surface area contributed by atoms with Crippen molar-refractivity contribution in [2.45, 2.75) is 0 Å². The van der Waals surface area contributed by atoms with Crippen molar-refractivity contribution in [3.05, 3.63) is 218 Å². The minimum atomic E-state index is -0.333. The molecular weight excluding hydrogens is 739 g/mol. The van der Waals surface area contributed by atoms with Crippen molar-refractivity contribution in [1.82, 2.24) is 9.13 Å². The molecular formula is C56H34F2N2. The first-order valence-electron chi connectivity index (χ1n) is 20.2. The topological polar surface area (TPSA) is 9.86 Å². The first-order chi connectivity index (χ1) is 29.6. The molecule has 0 spiro atoms. The average Bonchev–Trinajstić information content (AvgIpc) is 3.80. The molecule has 4 heteroatoms. The van der Waals surface area contributed by atoms with Crippen LogP contribution in [0.15, 0.2) is 206 Å². The fourth-order valence-corrected chi connectivity index (χ4v) is 9.63. The number of rotatable bonds is 5. The summed E-state index contributed by atoms with van der Waals surface area (Å²) in [4.78, 5) is 0. The van der Waals surface area contributed by atoms with Gasteiger partial charge in [0.05, 0.1) is 27.8 Å². The van der Waals surface area contributed by atoms with E-state index in [0.29, 0.717) is 5.69 Å². The van der Waals surface area contributed by atoms with E-state index in [4.69, 9.17) is 0 Å². The Labute approximate surface area is 344 Å². The Morgan fingerprint density at radius 2 is 0.717 bits per heavy atom. The van der Waals surface area contributed by atoms with Gasteiger partial charge in [0.2, 0.25) is 0 Å². The molecule has 0 radical (unpaired) electrons. The van der Waals surface area contributed by atoms with Crippen LogP contribution in [-0.2, 0) is 0 Å². The summed E-state index contributed by atoms with van der Waals surface area (Å²) in [5.41, 5.74) is 12.2. The highest BCUT2D eigenvalue weighted by Crippen LogP contribution is 2.44. The first-order valence-corrected chi connectivity index (χ1v) is 20.2. The molecule has 0 aliphatic heterocycles. The molecule has 0 aliphatic carbocycles. The Kier molecular flexibility index (Phi) is 7.63. The monoisotopic (exact) mass is 772 g/mol. The molecule has 0 saturated carbocycles. The van der Waals surface area contributed by atoms with Gasteiger partial charge < -0.3 is 9.13 Å². The molecule has 0 saturated heterocycles. The normalized spacial score (nSPS) is 11.8. The summed E-state index contributed by atoms with van der Waals surface area (Å²) in [5.74, 6) is -0.661. The quantitative estimate of drug-likeness (QED) is 0.154. The molecule has 12 rings (SSSR count). The molecule has 2 heterocycles. The predicted molar refractivity (Wildman–Crippen MR) is 246 cm³/mol. The molecule has 0 fully saturated rings. The zero-order chi connectivity index (χ0) is 39.9. The number of hydrogen-bond donors (Lipinski definition) is 0. The van der Waals surface area contributed by atoms with Crippen LogP contribution >= 0.6 is 0 Å². The van der Waals surface area contributed by atoms with Crippen molar-refractivity contribution >= 4 is 65.2 Å². The Morgan fingerprint density at radius 1 is 0.283 bits per heavy atom. The van der Waals surface area contributed by atoms with E-state index < -0.39 is 0 Å². The highest BCUT2D eigenvalue weighted by atomic mass is 19.1. The van der Waals surface area contributed by atoms with E-state index in [9.17, 15) is 4.39 Å². The van der Waals surface area contributed by atoms with Crippen LogP contribution in [0.1, 0.15) is 0 Å². The van der Waals surface area contributed by atoms with Crippen LogP contribution < -0.4 is 0 Å². The molecule has 0 unspecified atom stereocenters. The summed E-state index contributed by atoms with van der Waals surface area (Å²) in [6, 6.07) is 70.0. The van der Waals surface area contributed by atoms with E-state index >= 15 is 4.39 Å². The summed E-state index contributed by atoms with van der Waals surface area (Å²) in [7, 11) is 0. The molecule has 2 aromatic heterocycles. The van der Waals surface area contributed by atoms with Gasteiger partial charge in [0, 0.05) is 27.2 Å². The van der Waals surface area contributed by atoms with Crippen molar-refractivity contribution in [2.24, 2.45) is 0 Å². The molecule has 2 nitrogen and oxygen atoms in total. The summed E-state index contributed by atoms with van der Waals surface area (Å²) < 4.78 is 34.2. The van der Waals surface area contributed by atoms with Crippen LogP contribution in [-0.4, -0.2) is 9.13 Å². The largest absolute Gasteiger partial charge is 0.309 e. The van der Waals surface area contributed by atoms with Crippen molar-refractivity contribution in [3.8, 4) is 44.8 Å². The van der Waals surface area contributed by atoms with Gasteiger partial charge in [-0.3, -0.25) is 0 Å². The Hall–Kier alpha value is -7.82. The lowest BCUT2D eigenvalue weighted by Crippen LogP contribution is -1.97. The molecule has 12 aromatic rings. The standard InChI is InChI=1S/C56H34F2N2/c57-39-26-31-53-48(34-39)47-33-38(25-30-52(47)60(53)54-21-11-9-19-49(54)58)37-24-29-51-46(32-37)41-14-8-10-20-50(41)59(51)40-27-22-36(23-28-40)56-44-17-6-4-15-42(44)55(35-12-2-1-3-13-35)43-16-5-7-18-45(43)56/h1-34H. The van der Waals surface area contributed by atoms with Crippen LogP contribution in [0.25, 0.3) is 110 Å². The van der Waals surface area contributed by atoms with Crippen LogP contribution in [0, 0.1) is 11.6 Å². The maximum atomic E-state index is 15.2. The maximum Gasteiger partial charge on any atom is 0.147 e. The molecule has 10 aromatic carbocycles. The maximum absolute atomic E-state index is 15.2. The van der Waals surface area contributed by atoms with E-state index in [-0.39, 0.29) is 11.6 Å². The second-order valence-electron chi connectivity index (χ2n) is 15.5. The smallest absolute Gasteiger partial charge is 0.147 e. The number of fused-ring (bicyclic) bond motifs is 8. The fraction of sp³-hybridized carbons (Fsp3) is 0. The van der Waals surface area contributed by atoms with Crippen molar-refractivity contribution < 1.29 is 8.78 Å². The summed E-state index contributed by atoms with van der Waals surface area (Å²) in [6.07, 6.45) is 0. The van der Waals surface area contributed by atoms with Gasteiger partial charge in [-0.15, -0.1) is 0 Å². The highest BCUT2D eigenvalue weighted by Gasteiger charge is 2.20. The molecule has 0 N–H and O–H groups in total. The second-order valence-corrected chi connectivity index (χ2v) is 15.5. The van der Waals surface area contributed by atoms with Crippen molar-refractivity contribution in [1.29, 1.82) is 0 Å². The number of hydrogen-bond acceptors (Lipinski definition) is 0. The third kappa shape index (κ3) is 5.17. The fourth-order valence-electron chi connectivity index (χ4n) is 9.63. The van der Waals surface area contributed by atoms with Gasteiger partial charge in [-0.2, -0.15) is 0 Å². The van der Waals surface area contributed by atoms with E-state index in [1.807, 2.05) is 16.7 Å². The lowest BCUT2D eigenvalue weighted by molar-refractivity contribution is 0.621. The lowest BCUT2D eigenvalue weighted by Gasteiger charge is -2.18. The third-order valence-electron chi connectivity index (χ3n) is 12.2. The number of aromatic nitrogens is 2. The summed E-state index contributed by atoms with van der Waals surface area (Å²) in [5, 5.41) is 8.84. The van der Waals surface area contributed by atoms with E-state index in [2.05, 4.69) is 162 Å². The first kappa shape index (κ1) is 34.2. The van der Waals surface area contributed by atoms with Gasteiger partial charge in [0.25, 0.3) is 0 Å². The van der Waals surface area contributed by atoms with Gasteiger partial charge in [-0.1, -0.05) is 133 Å². The minimum absolute atomic E-state index is 0.328. The average molecular weight is 773 g/mol. The summed E-state index contributed by atoms with van der Waals surface area (Å²) >= 11 is 0. The van der Waals surface area contributed by atoms with Gasteiger partial charge in [-0.25, -0.2) is 8.78 Å². The highest BCUT2D eigenvalue weighted by molar-refractivity contribution is 6.21. The van der Waals surface area contributed by atoms with Crippen LogP contribution in [0.5, 0.6) is 0 Å². The van der Waals surface area contributed by atoms with E-state index in [1.54, 1.807) is 24.3 Å². The molecule has 60 heavy (non-hydrogen) atoms. The lowest BCUT2D eigenvalue weighted by atomic mass is 9.86. The van der Waals surface area contributed by atoms with Crippen molar-refractivity contribution in [3.63, 3.8) is 0 Å². The number of halogens is 2. The van der Waals surface area contributed by atoms with Crippen LogP contribution in [0.4, 0.5) is 8.78 Å². The zero-order valence-corrected chi connectivity index (χ0v) is 32.3.